The van der Waals surface area contributed by atoms with Crippen LogP contribution in [0.4, 0.5) is 5.69 Å². The second-order valence-electron chi connectivity index (χ2n) is 5.48. The predicted octanol–water partition coefficient (Wildman–Crippen LogP) is 3.88. The van der Waals surface area contributed by atoms with Crippen molar-refractivity contribution in [3.05, 3.63) is 64.3 Å². The molecule has 1 heterocycles. The first-order valence-corrected chi connectivity index (χ1v) is 7.75. The highest BCUT2D eigenvalue weighted by atomic mass is 16.6. The van der Waals surface area contributed by atoms with Crippen molar-refractivity contribution in [1.82, 2.24) is 10.3 Å². The van der Waals surface area contributed by atoms with E-state index in [4.69, 9.17) is 0 Å². The van der Waals surface area contributed by atoms with Crippen molar-refractivity contribution in [2.45, 2.75) is 13.3 Å². The molecule has 6 nitrogen and oxygen atoms in total. The molecule has 0 saturated heterocycles. The minimum atomic E-state index is -0.432. The van der Waals surface area contributed by atoms with Gasteiger partial charge in [-0.05, 0) is 18.1 Å². The largest absolute Gasteiger partial charge is 0.351 e. The molecule has 0 spiro atoms. The first-order chi connectivity index (χ1) is 11.6. The van der Waals surface area contributed by atoms with E-state index < -0.39 is 4.92 Å². The lowest BCUT2D eigenvalue weighted by Crippen LogP contribution is -2.24. The van der Waals surface area contributed by atoms with Gasteiger partial charge in [0.05, 0.1) is 4.92 Å². The van der Waals surface area contributed by atoms with E-state index in [9.17, 15) is 14.9 Å². The summed E-state index contributed by atoms with van der Waals surface area (Å²) in [7, 11) is 0. The molecule has 122 valence electrons. The Balaban J connectivity index is 2.23. The van der Waals surface area contributed by atoms with Gasteiger partial charge in [-0.25, -0.2) is 0 Å². The monoisotopic (exact) mass is 323 g/mol. The average Bonchev–Trinajstić information content (AvgIpc) is 2.99. The number of fused-ring (bicyclic) bond motifs is 1. The number of benzene rings is 2. The number of amides is 1. The molecule has 1 aromatic heterocycles. The van der Waals surface area contributed by atoms with Gasteiger partial charge < -0.3 is 10.3 Å². The van der Waals surface area contributed by atoms with Gasteiger partial charge in [-0.3, -0.25) is 14.9 Å². The number of aromatic nitrogens is 1. The number of nitro benzene ring substituents is 1. The number of carbonyl (C=O) groups is 1. The zero-order chi connectivity index (χ0) is 17.1. The molecular weight excluding hydrogens is 306 g/mol. The van der Waals surface area contributed by atoms with E-state index in [1.54, 1.807) is 6.07 Å². The van der Waals surface area contributed by atoms with Gasteiger partial charge in [0.15, 0.2) is 0 Å². The van der Waals surface area contributed by atoms with E-state index in [0.717, 1.165) is 12.0 Å². The quantitative estimate of drug-likeness (QED) is 0.551. The van der Waals surface area contributed by atoms with Gasteiger partial charge in [0, 0.05) is 35.1 Å². The van der Waals surface area contributed by atoms with Gasteiger partial charge in [0.2, 0.25) is 0 Å². The first kappa shape index (κ1) is 15.7. The van der Waals surface area contributed by atoms with Crippen LogP contribution in [-0.4, -0.2) is 22.4 Å². The van der Waals surface area contributed by atoms with Crippen LogP contribution >= 0.6 is 0 Å². The van der Waals surface area contributed by atoms with Crippen LogP contribution in [0.5, 0.6) is 0 Å². The normalized spacial score (nSPS) is 10.7. The summed E-state index contributed by atoms with van der Waals surface area (Å²) < 4.78 is 0. The smallest absolute Gasteiger partial charge is 0.270 e. The average molecular weight is 323 g/mol. The number of nitrogens with zero attached hydrogens (tertiary/aromatic N) is 1. The second kappa shape index (κ2) is 6.54. The van der Waals surface area contributed by atoms with E-state index in [-0.39, 0.29) is 11.6 Å². The Labute approximate surface area is 138 Å². The lowest BCUT2D eigenvalue weighted by atomic mass is 10.0. The summed E-state index contributed by atoms with van der Waals surface area (Å²) in [5, 5.41) is 14.6. The van der Waals surface area contributed by atoms with Crippen LogP contribution in [0, 0.1) is 10.1 Å². The zero-order valence-corrected chi connectivity index (χ0v) is 13.2. The van der Waals surface area contributed by atoms with Gasteiger partial charge in [-0.15, -0.1) is 0 Å². The van der Waals surface area contributed by atoms with E-state index in [1.807, 2.05) is 37.3 Å². The van der Waals surface area contributed by atoms with Crippen molar-refractivity contribution in [2.24, 2.45) is 0 Å². The molecule has 0 aliphatic rings. The first-order valence-electron chi connectivity index (χ1n) is 7.75. The molecule has 0 radical (unpaired) electrons. The highest BCUT2D eigenvalue weighted by molar-refractivity contribution is 6.10. The van der Waals surface area contributed by atoms with Gasteiger partial charge in [-0.2, -0.15) is 0 Å². The lowest BCUT2D eigenvalue weighted by Gasteiger charge is -2.06. The molecule has 0 saturated carbocycles. The van der Waals surface area contributed by atoms with Crippen molar-refractivity contribution in [3.63, 3.8) is 0 Å². The number of nitro groups is 1. The lowest BCUT2D eigenvalue weighted by molar-refractivity contribution is -0.384. The van der Waals surface area contributed by atoms with Crippen molar-refractivity contribution >= 4 is 22.5 Å². The van der Waals surface area contributed by atoms with Gasteiger partial charge in [0.1, 0.15) is 5.69 Å². The number of rotatable bonds is 5. The molecule has 2 N–H and O–H groups in total. The predicted molar refractivity (Wildman–Crippen MR) is 93.0 cm³/mol. The van der Waals surface area contributed by atoms with Crippen LogP contribution in [0.15, 0.2) is 48.5 Å². The van der Waals surface area contributed by atoms with Crippen LogP contribution in [0.2, 0.25) is 0 Å². The van der Waals surface area contributed by atoms with Crippen LogP contribution in [0.1, 0.15) is 23.8 Å². The number of hydrogen-bond donors (Lipinski definition) is 2. The summed E-state index contributed by atoms with van der Waals surface area (Å²) in [6.07, 6.45) is 0.831. The van der Waals surface area contributed by atoms with Crippen molar-refractivity contribution < 1.29 is 9.72 Å². The fourth-order valence-electron chi connectivity index (χ4n) is 2.70. The Bertz CT molecular complexity index is 901. The van der Waals surface area contributed by atoms with Gasteiger partial charge >= 0.3 is 0 Å². The van der Waals surface area contributed by atoms with Gasteiger partial charge in [0.25, 0.3) is 11.6 Å². The minimum Gasteiger partial charge on any atom is -0.351 e. The molecule has 0 atom stereocenters. The molecule has 1 amide bonds. The summed E-state index contributed by atoms with van der Waals surface area (Å²) in [6, 6.07) is 14.0. The summed E-state index contributed by atoms with van der Waals surface area (Å²) in [5.41, 5.74) is 2.64. The summed E-state index contributed by atoms with van der Waals surface area (Å²) in [5.74, 6) is -0.213. The van der Waals surface area contributed by atoms with E-state index >= 15 is 0 Å². The Hall–Kier alpha value is -3.15. The number of non-ortho nitro benzene ring substituents is 1. The van der Waals surface area contributed by atoms with E-state index in [0.29, 0.717) is 28.7 Å². The molecule has 3 rings (SSSR count). The third kappa shape index (κ3) is 2.86. The fraction of sp³-hybridized carbons (Fsp3) is 0.167. The van der Waals surface area contributed by atoms with Crippen LogP contribution in [-0.2, 0) is 0 Å². The molecular formula is C18H17N3O3. The Morgan fingerprint density at radius 1 is 1.21 bits per heavy atom. The Kier molecular flexibility index (Phi) is 4.29. The number of H-pyrrole nitrogens is 1. The van der Waals surface area contributed by atoms with E-state index in [1.165, 1.54) is 12.1 Å². The highest BCUT2D eigenvalue weighted by Crippen LogP contribution is 2.34. The number of carbonyl (C=O) groups excluding carboxylic acids is 1. The van der Waals surface area contributed by atoms with Crippen molar-refractivity contribution in [1.29, 1.82) is 0 Å². The van der Waals surface area contributed by atoms with Crippen molar-refractivity contribution in [2.75, 3.05) is 6.54 Å². The Morgan fingerprint density at radius 2 is 1.96 bits per heavy atom. The Morgan fingerprint density at radius 3 is 2.62 bits per heavy atom. The molecule has 3 aromatic rings. The second-order valence-corrected chi connectivity index (χ2v) is 5.48. The zero-order valence-electron chi connectivity index (χ0n) is 13.2. The molecule has 6 heteroatoms. The molecule has 0 aliphatic carbocycles. The third-order valence-corrected chi connectivity index (χ3v) is 3.82. The summed E-state index contributed by atoms with van der Waals surface area (Å²) >= 11 is 0. The maximum atomic E-state index is 12.5. The van der Waals surface area contributed by atoms with Crippen LogP contribution in [0.25, 0.3) is 22.0 Å². The number of nitrogens with one attached hydrogen (secondary N) is 2. The molecule has 0 fully saturated rings. The van der Waals surface area contributed by atoms with E-state index in [2.05, 4.69) is 10.3 Å². The standard InChI is InChI=1S/C18H17N3O3/c1-2-10-19-18(22)17-16(12-6-4-3-5-7-12)14-11-13(21(23)24)8-9-15(14)20-17/h3-9,11,20H,2,10H2,1H3,(H,19,22). The number of hydrogen-bond acceptors (Lipinski definition) is 3. The topological polar surface area (TPSA) is 88.0 Å². The summed E-state index contributed by atoms with van der Waals surface area (Å²) in [6.45, 7) is 2.55. The maximum absolute atomic E-state index is 12.5. The molecule has 0 bridgehead atoms. The minimum absolute atomic E-state index is 0.000743. The van der Waals surface area contributed by atoms with Gasteiger partial charge in [-0.1, -0.05) is 37.3 Å². The molecule has 0 aliphatic heterocycles. The van der Waals surface area contributed by atoms with Crippen molar-refractivity contribution in [3.8, 4) is 11.1 Å². The summed E-state index contributed by atoms with van der Waals surface area (Å²) in [4.78, 5) is 26.3. The molecule has 2 aromatic carbocycles. The molecule has 0 unspecified atom stereocenters. The third-order valence-electron chi connectivity index (χ3n) is 3.82. The SMILES string of the molecule is CCCNC(=O)c1[nH]c2ccc([N+](=O)[O-])cc2c1-c1ccccc1. The highest BCUT2D eigenvalue weighted by Gasteiger charge is 2.20. The van der Waals surface area contributed by atoms with Crippen LogP contribution in [0.3, 0.4) is 0 Å². The number of aromatic amines is 1. The maximum Gasteiger partial charge on any atom is 0.270 e. The molecule has 24 heavy (non-hydrogen) atoms. The van der Waals surface area contributed by atoms with Crippen LogP contribution < -0.4 is 5.32 Å². The fourth-order valence-corrected chi connectivity index (χ4v) is 2.70.